The molecule has 0 spiro atoms. The van der Waals surface area contributed by atoms with E-state index in [0.717, 1.165) is 58.2 Å². The Morgan fingerprint density at radius 2 is 1.73 bits per heavy atom. The van der Waals surface area contributed by atoms with Crippen LogP contribution in [-0.4, -0.2) is 31.1 Å². The van der Waals surface area contributed by atoms with Crippen molar-refractivity contribution in [2.45, 2.75) is 26.3 Å². The van der Waals surface area contributed by atoms with Gasteiger partial charge in [0.1, 0.15) is 11.5 Å². The van der Waals surface area contributed by atoms with E-state index in [1.54, 1.807) is 12.1 Å². The lowest BCUT2D eigenvalue weighted by molar-refractivity contribution is -0.274. The van der Waals surface area contributed by atoms with Gasteiger partial charge >= 0.3 is 6.36 Å². The number of alkyl halides is 3. The van der Waals surface area contributed by atoms with Gasteiger partial charge in [0.15, 0.2) is 0 Å². The van der Waals surface area contributed by atoms with Gasteiger partial charge in [-0.25, -0.2) is 9.97 Å². The summed E-state index contributed by atoms with van der Waals surface area (Å²) >= 11 is 0. The summed E-state index contributed by atoms with van der Waals surface area (Å²) in [4.78, 5) is 8.54. The van der Waals surface area contributed by atoms with Crippen LogP contribution in [0.2, 0.25) is 0 Å². The smallest absolute Gasteiger partial charge is 0.439 e. The number of H-pyrrole nitrogens is 1. The molecule has 0 bridgehead atoms. The number of imidazole rings is 1. The van der Waals surface area contributed by atoms with Crippen molar-refractivity contribution in [3.63, 3.8) is 0 Å². The maximum absolute atomic E-state index is 12.3. The molecule has 5 aromatic rings. The number of ether oxygens (including phenoxy) is 2. The van der Waals surface area contributed by atoms with Gasteiger partial charge in [-0.1, -0.05) is 18.2 Å². The van der Waals surface area contributed by atoms with Crippen molar-refractivity contribution in [1.29, 1.82) is 0 Å². The van der Waals surface area contributed by atoms with Crippen LogP contribution in [0.1, 0.15) is 22.5 Å². The highest BCUT2D eigenvalue weighted by molar-refractivity contribution is 5.79. The van der Waals surface area contributed by atoms with Gasteiger partial charge in [-0.3, -0.25) is 5.10 Å². The van der Waals surface area contributed by atoms with Crippen molar-refractivity contribution in [3.8, 4) is 17.4 Å². The molecule has 8 nitrogen and oxygen atoms in total. The molecule has 0 fully saturated rings. The number of fused-ring (bicyclic) bond motifs is 1. The predicted molar refractivity (Wildman–Crippen MR) is 132 cm³/mol. The summed E-state index contributed by atoms with van der Waals surface area (Å²) in [7, 11) is 1.97. The molecule has 0 aliphatic heterocycles. The second-order valence-electron chi connectivity index (χ2n) is 8.52. The summed E-state index contributed by atoms with van der Waals surface area (Å²) in [6.07, 6.45) is -3.07. The first-order valence-electron chi connectivity index (χ1n) is 11.4. The number of hydrogen-bond donors (Lipinski definition) is 2. The van der Waals surface area contributed by atoms with Gasteiger partial charge in [0.25, 0.3) is 0 Å². The first-order chi connectivity index (χ1) is 17.7. The Morgan fingerprint density at radius 1 is 0.973 bits per heavy atom. The fourth-order valence-corrected chi connectivity index (χ4v) is 3.88. The number of halogens is 3. The average molecular weight is 509 g/mol. The van der Waals surface area contributed by atoms with E-state index in [2.05, 4.69) is 37.4 Å². The molecule has 0 amide bonds. The number of aromatic amines is 1. The second kappa shape index (κ2) is 9.84. The second-order valence-corrected chi connectivity index (χ2v) is 8.52. The van der Waals surface area contributed by atoms with Crippen LogP contribution in [0.3, 0.4) is 0 Å². The molecule has 3 heterocycles. The van der Waals surface area contributed by atoms with E-state index < -0.39 is 12.1 Å². The van der Waals surface area contributed by atoms with Gasteiger partial charge in [-0.05, 0) is 54.4 Å². The maximum atomic E-state index is 12.3. The van der Waals surface area contributed by atoms with Crippen molar-refractivity contribution in [1.82, 2.24) is 24.7 Å². The molecule has 2 aromatic carbocycles. The molecule has 0 aliphatic rings. The average Bonchev–Trinajstić information content (AvgIpc) is 3.41. The lowest BCUT2D eigenvalue weighted by Crippen LogP contribution is -2.17. The third-order valence-corrected chi connectivity index (χ3v) is 5.63. The van der Waals surface area contributed by atoms with Crippen LogP contribution in [0.25, 0.3) is 11.0 Å². The van der Waals surface area contributed by atoms with Gasteiger partial charge in [-0.15, -0.1) is 13.2 Å². The number of rotatable bonds is 8. The van der Waals surface area contributed by atoms with E-state index in [1.807, 2.05) is 42.8 Å². The van der Waals surface area contributed by atoms with Crippen LogP contribution >= 0.6 is 0 Å². The maximum Gasteiger partial charge on any atom is 0.573 e. The molecule has 2 N–H and O–H groups in total. The molecule has 0 unspecified atom stereocenters. The zero-order valence-electron chi connectivity index (χ0n) is 20.0. The summed E-state index contributed by atoms with van der Waals surface area (Å²) in [6, 6.07) is 18.0. The Balaban J connectivity index is 1.20. The number of aryl methyl sites for hydroxylation is 2. The van der Waals surface area contributed by atoms with Gasteiger partial charge in [0.05, 0.1) is 22.9 Å². The SMILES string of the molecule is Cc1cc(Cc2ccc3nc(NCc4ccc(Oc5ccc(OC(F)(F)F)cn5)cc4)n(C)c3c2)n[nH]1. The molecule has 5 rings (SSSR count). The van der Waals surface area contributed by atoms with E-state index in [4.69, 9.17) is 9.72 Å². The van der Waals surface area contributed by atoms with Crippen LogP contribution in [0, 0.1) is 6.92 Å². The standard InChI is InChI=1S/C26H23F3N6O2/c1-16-11-19(34-33-16)12-18-5-9-22-23(13-18)35(2)25(32-22)31-14-17-3-6-20(7-4-17)36-24-10-8-21(15-30-24)37-26(27,28)29/h3-11,13,15H,12,14H2,1-2H3,(H,31,32)(H,33,34). The number of nitrogens with one attached hydrogen (secondary N) is 2. The number of nitrogens with zero attached hydrogens (tertiary/aromatic N) is 4. The minimum atomic E-state index is -4.77. The normalized spacial score (nSPS) is 11.6. The molecule has 0 radical (unpaired) electrons. The van der Waals surface area contributed by atoms with Gasteiger partial charge < -0.3 is 19.4 Å². The molecule has 0 saturated carbocycles. The first kappa shape index (κ1) is 24.2. The minimum absolute atomic E-state index is 0.155. The highest BCUT2D eigenvalue weighted by atomic mass is 19.4. The first-order valence-corrected chi connectivity index (χ1v) is 11.4. The monoisotopic (exact) mass is 508 g/mol. The Kier molecular flexibility index (Phi) is 6.43. The van der Waals surface area contributed by atoms with Crippen LogP contribution in [0.5, 0.6) is 17.4 Å². The molecule has 3 aromatic heterocycles. The molecule has 190 valence electrons. The quantitative estimate of drug-likeness (QED) is 0.272. The minimum Gasteiger partial charge on any atom is -0.439 e. The zero-order valence-corrected chi connectivity index (χ0v) is 20.0. The van der Waals surface area contributed by atoms with E-state index in [9.17, 15) is 13.2 Å². The molecular weight excluding hydrogens is 485 g/mol. The van der Waals surface area contributed by atoms with Crippen LogP contribution in [-0.2, 0) is 20.0 Å². The topological polar surface area (TPSA) is 89.9 Å². The number of pyridine rings is 1. The molecule has 0 aliphatic carbocycles. The number of anilines is 1. The van der Waals surface area contributed by atoms with Crippen molar-refractivity contribution in [2.24, 2.45) is 7.05 Å². The third kappa shape index (κ3) is 6.00. The van der Waals surface area contributed by atoms with Crippen molar-refractivity contribution in [2.75, 3.05) is 5.32 Å². The van der Waals surface area contributed by atoms with Crippen LogP contribution in [0.15, 0.2) is 66.9 Å². The summed E-state index contributed by atoms with van der Waals surface area (Å²) in [5.41, 5.74) is 6.10. The fourth-order valence-electron chi connectivity index (χ4n) is 3.88. The molecule has 0 atom stereocenters. The highest BCUT2D eigenvalue weighted by Crippen LogP contribution is 2.26. The number of benzene rings is 2. The summed E-state index contributed by atoms with van der Waals surface area (Å²) < 4.78 is 48.2. The molecular formula is C26H23F3N6O2. The predicted octanol–water partition coefficient (Wildman–Crippen LogP) is 5.89. The van der Waals surface area contributed by atoms with E-state index in [1.165, 1.54) is 6.07 Å². The van der Waals surface area contributed by atoms with Gasteiger partial charge in [0.2, 0.25) is 11.8 Å². The van der Waals surface area contributed by atoms with Crippen LogP contribution < -0.4 is 14.8 Å². The summed E-state index contributed by atoms with van der Waals surface area (Å²) in [6.45, 7) is 2.52. The Bertz CT molecular complexity index is 1510. The van der Waals surface area contributed by atoms with Gasteiger partial charge in [-0.2, -0.15) is 5.10 Å². The van der Waals surface area contributed by atoms with E-state index in [0.29, 0.717) is 12.3 Å². The van der Waals surface area contributed by atoms with E-state index in [-0.39, 0.29) is 5.88 Å². The Labute approximate surface area is 210 Å². The fraction of sp³-hybridized carbons (Fsp3) is 0.192. The Morgan fingerprint density at radius 3 is 2.41 bits per heavy atom. The highest BCUT2D eigenvalue weighted by Gasteiger charge is 2.31. The zero-order chi connectivity index (χ0) is 26.0. The molecule has 0 saturated heterocycles. The van der Waals surface area contributed by atoms with Gasteiger partial charge in [0, 0.05) is 31.8 Å². The molecule has 11 heteroatoms. The van der Waals surface area contributed by atoms with E-state index >= 15 is 0 Å². The third-order valence-electron chi connectivity index (χ3n) is 5.63. The van der Waals surface area contributed by atoms with Crippen LogP contribution in [0.4, 0.5) is 19.1 Å². The van der Waals surface area contributed by atoms with Crippen molar-refractivity contribution < 1.29 is 22.6 Å². The van der Waals surface area contributed by atoms with Crippen molar-refractivity contribution >= 4 is 17.0 Å². The Hall–Kier alpha value is -4.54. The summed E-state index contributed by atoms with van der Waals surface area (Å²) in [5, 5.41) is 10.6. The summed E-state index contributed by atoms with van der Waals surface area (Å²) in [5.74, 6) is 0.991. The lowest BCUT2D eigenvalue weighted by atomic mass is 10.1. The lowest BCUT2D eigenvalue weighted by Gasteiger charge is -2.10. The number of aromatic nitrogens is 5. The van der Waals surface area contributed by atoms with Crippen molar-refractivity contribution in [3.05, 3.63) is 89.4 Å². The number of hydrogen-bond acceptors (Lipinski definition) is 6. The largest absolute Gasteiger partial charge is 0.573 e. The molecule has 37 heavy (non-hydrogen) atoms.